The quantitative estimate of drug-likeness (QED) is 0.749. The second kappa shape index (κ2) is 5.26. The lowest BCUT2D eigenvalue weighted by molar-refractivity contribution is -0.134. The number of nitrogens with zero attached hydrogens (tertiary/aromatic N) is 1. The molecule has 2 nitrogen and oxygen atoms in total. The van der Waals surface area contributed by atoms with Crippen LogP contribution in [-0.4, -0.2) is 23.9 Å². The van der Waals surface area contributed by atoms with E-state index in [1.54, 1.807) is 0 Å². The van der Waals surface area contributed by atoms with Crippen LogP contribution in [0.3, 0.4) is 0 Å². The van der Waals surface area contributed by atoms with E-state index in [0.717, 1.165) is 38.8 Å². The van der Waals surface area contributed by atoms with Crippen molar-refractivity contribution in [2.45, 2.75) is 57.3 Å². The number of hydrogen-bond acceptors (Lipinski definition) is 1. The highest BCUT2D eigenvalue weighted by Crippen LogP contribution is 2.50. The standard InChI is InChI=1S/C20H27NO/c1-15-9-13-21(14-10-15)18(22)20(11-12-20)17-7-5-16(6-8-17)19(2,3)4/h5-8H,1,9-14H2,2-4H3. The molecule has 1 saturated heterocycles. The monoisotopic (exact) mass is 297 g/mol. The van der Waals surface area contributed by atoms with Crippen molar-refractivity contribution in [2.75, 3.05) is 13.1 Å². The lowest BCUT2D eigenvalue weighted by atomic mass is 9.84. The van der Waals surface area contributed by atoms with Gasteiger partial charge in [0.25, 0.3) is 0 Å². The van der Waals surface area contributed by atoms with Gasteiger partial charge in [0.15, 0.2) is 0 Å². The summed E-state index contributed by atoms with van der Waals surface area (Å²) in [7, 11) is 0. The third kappa shape index (κ3) is 2.71. The number of piperidine rings is 1. The molecule has 3 rings (SSSR count). The van der Waals surface area contributed by atoms with E-state index < -0.39 is 0 Å². The van der Waals surface area contributed by atoms with Crippen molar-refractivity contribution >= 4 is 5.91 Å². The van der Waals surface area contributed by atoms with Crippen LogP contribution in [0.5, 0.6) is 0 Å². The molecule has 0 radical (unpaired) electrons. The van der Waals surface area contributed by atoms with Crippen LogP contribution in [0.15, 0.2) is 36.4 Å². The van der Waals surface area contributed by atoms with Crippen molar-refractivity contribution in [3.05, 3.63) is 47.5 Å². The van der Waals surface area contributed by atoms with E-state index in [4.69, 9.17) is 0 Å². The SMILES string of the molecule is C=C1CCN(C(=O)C2(c3ccc(C(C)(C)C)cc3)CC2)CC1. The van der Waals surface area contributed by atoms with Crippen LogP contribution in [0.2, 0.25) is 0 Å². The first-order valence-corrected chi connectivity index (χ1v) is 8.40. The molecule has 1 heterocycles. The molecule has 1 aliphatic heterocycles. The molecule has 0 spiro atoms. The summed E-state index contributed by atoms with van der Waals surface area (Å²) in [5, 5.41) is 0. The predicted octanol–water partition coefficient (Wildman–Crippen LogP) is 4.19. The van der Waals surface area contributed by atoms with Crippen molar-refractivity contribution in [3.8, 4) is 0 Å². The summed E-state index contributed by atoms with van der Waals surface area (Å²) in [5.74, 6) is 0.337. The average molecular weight is 297 g/mol. The summed E-state index contributed by atoms with van der Waals surface area (Å²) in [5.41, 5.74) is 3.74. The number of benzene rings is 1. The minimum atomic E-state index is -0.227. The molecule has 2 aliphatic rings. The fraction of sp³-hybridized carbons (Fsp3) is 0.550. The van der Waals surface area contributed by atoms with E-state index >= 15 is 0 Å². The van der Waals surface area contributed by atoms with Gasteiger partial charge in [-0.1, -0.05) is 57.2 Å². The second-order valence-corrected chi connectivity index (χ2v) is 7.95. The molecule has 1 saturated carbocycles. The molecule has 2 fully saturated rings. The third-order valence-electron chi connectivity index (χ3n) is 5.22. The van der Waals surface area contributed by atoms with E-state index in [9.17, 15) is 4.79 Å². The van der Waals surface area contributed by atoms with E-state index in [1.807, 2.05) is 0 Å². The fourth-order valence-electron chi connectivity index (χ4n) is 3.37. The Hall–Kier alpha value is -1.57. The van der Waals surface area contributed by atoms with Gasteiger partial charge in [-0.15, -0.1) is 0 Å². The number of amides is 1. The zero-order valence-corrected chi connectivity index (χ0v) is 14.1. The molecule has 0 atom stereocenters. The number of carbonyl (C=O) groups excluding carboxylic acids is 1. The Labute approximate surface area is 134 Å². The van der Waals surface area contributed by atoms with E-state index in [1.165, 1.54) is 16.7 Å². The molecule has 2 heteroatoms. The molecule has 0 N–H and O–H groups in total. The number of carbonyl (C=O) groups is 1. The summed E-state index contributed by atoms with van der Waals surface area (Å²) < 4.78 is 0. The van der Waals surface area contributed by atoms with Crippen LogP contribution < -0.4 is 0 Å². The topological polar surface area (TPSA) is 20.3 Å². The average Bonchev–Trinajstić information content (AvgIpc) is 3.28. The van der Waals surface area contributed by atoms with E-state index in [2.05, 4.69) is 56.5 Å². The number of hydrogen-bond donors (Lipinski definition) is 0. The first-order valence-electron chi connectivity index (χ1n) is 8.40. The van der Waals surface area contributed by atoms with Gasteiger partial charge < -0.3 is 4.90 Å². The van der Waals surface area contributed by atoms with Crippen LogP contribution in [0, 0.1) is 0 Å². The maximum Gasteiger partial charge on any atom is 0.233 e. The fourth-order valence-corrected chi connectivity index (χ4v) is 3.37. The largest absolute Gasteiger partial charge is 0.341 e. The van der Waals surface area contributed by atoms with Gasteiger partial charge in [0, 0.05) is 13.1 Å². The van der Waals surface area contributed by atoms with Gasteiger partial charge in [-0.05, 0) is 42.2 Å². The molecule has 1 amide bonds. The van der Waals surface area contributed by atoms with Crippen LogP contribution >= 0.6 is 0 Å². The normalized spacial score (nSPS) is 20.9. The zero-order valence-electron chi connectivity index (χ0n) is 14.1. The maximum atomic E-state index is 13.0. The van der Waals surface area contributed by atoms with Crippen molar-refractivity contribution in [3.63, 3.8) is 0 Å². The molecule has 22 heavy (non-hydrogen) atoms. The van der Waals surface area contributed by atoms with Gasteiger partial charge >= 0.3 is 0 Å². The Bertz CT molecular complexity index is 577. The number of rotatable bonds is 2. The second-order valence-electron chi connectivity index (χ2n) is 7.95. The highest BCUT2D eigenvalue weighted by atomic mass is 16.2. The van der Waals surface area contributed by atoms with Crippen molar-refractivity contribution in [2.24, 2.45) is 0 Å². The molecule has 1 aliphatic carbocycles. The van der Waals surface area contributed by atoms with Crippen molar-refractivity contribution < 1.29 is 4.79 Å². The van der Waals surface area contributed by atoms with Gasteiger partial charge in [-0.25, -0.2) is 0 Å². The molecule has 0 unspecified atom stereocenters. The zero-order chi connectivity index (χ0) is 16.0. The van der Waals surface area contributed by atoms with Crippen molar-refractivity contribution in [1.29, 1.82) is 0 Å². The molecule has 118 valence electrons. The Morgan fingerprint density at radius 3 is 2.09 bits per heavy atom. The Balaban J connectivity index is 1.78. The minimum absolute atomic E-state index is 0.159. The molecule has 1 aromatic carbocycles. The van der Waals surface area contributed by atoms with E-state index in [-0.39, 0.29) is 10.8 Å². The van der Waals surface area contributed by atoms with Crippen molar-refractivity contribution in [1.82, 2.24) is 4.90 Å². The van der Waals surface area contributed by atoms with Crippen LogP contribution in [0.25, 0.3) is 0 Å². The minimum Gasteiger partial charge on any atom is -0.341 e. The summed E-state index contributed by atoms with van der Waals surface area (Å²) in [4.78, 5) is 15.0. The third-order valence-corrected chi connectivity index (χ3v) is 5.22. The highest BCUT2D eigenvalue weighted by molar-refractivity contribution is 5.91. The van der Waals surface area contributed by atoms with Gasteiger partial charge in [0.2, 0.25) is 5.91 Å². The smallest absolute Gasteiger partial charge is 0.233 e. The van der Waals surface area contributed by atoms with E-state index in [0.29, 0.717) is 5.91 Å². The Morgan fingerprint density at radius 2 is 1.64 bits per heavy atom. The molecular formula is C20H27NO. The summed E-state index contributed by atoms with van der Waals surface area (Å²) >= 11 is 0. The summed E-state index contributed by atoms with van der Waals surface area (Å²) in [6.45, 7) is 12.4. The summed E-state index contributed by atoms with van der Waals surface area (Å²) in [6, 6.07) is 8.74. The molecule has 0 bridgehead atoms. The molecular weight excluding hydrogens is 270 g/mol. The Kier molecular flexibility index (Phi) is 3.66. The number of likely N-dealkylation sites (tertiary alicyclic amines) is 1. The first-order chi connectivity index (χ1) is 10.3. The highest BCUT2D eigenvalue weighted by Gasteiger charge is 2.53. The van der Waals surface area contributed by atoms with Gasteiger partial charge in [0.05, 0.1) is 5.41 Å². The first kappa shape index (κ1) is 15.3. The van der Waals surface area contributed by atoms with Gasteiger partial charge in [-0.2, -0.15) is 0 Å². The molecule has 0 aromatic heterocycles. The maximum absolute atomic E-state index is 13.0. The lowest BCUT2D eigenvalue weighted by Gasteiger charge is -2.32. The molecule has 1 aromatic rings. The summed E-state index contributed by atoms with van der Waals surface area (Å²) in [6.07, 6.45) is 3.92. The van der Waals surface area contributed by atoms with Crippen LogP contribution in [0.1, 0.15) is 57.6 Å². The van der Waals surface area contributed by atoms with Crippen LogP contribution in [-0.2, 0) is 15.6 Å². The van der Waals surface area contributed by atoms with Gasteiger partial charge in [0.1, 0.15) is 0 Å². The predicted molar refractivity (Wildman–Crippen MR) is 91.0 cm³/mol. The van der Waals surface area contributed by atoms with Gasteiger partial charge in [-0.3, -0.25) is 4.79 Å². The Morgan fingerprint density at radius 1 is 1.09 bits per heavy atom. The van der Waals surface area contributed by atoms with Crippen LogP contribution in [0.4, 0.5) is 0 Å². The lowest BCUT2D eigenvalue weighted by Crippen LogP contribution is -2.42.